The summed E-state index contributed by atoms with van der Waals surface area (Å²) in [7, 11) is 1.83. The fourth-order valence-corrected chi connectivity index (χ4v) is 2.03. The second-order valence-electron chi connectivity index (χ2n) is 4.42. The lowest BCUT2D eigenvalue weighted by Gasteiger charge is -2.08. The molecule has 0 fully saturated rings. The van der Waals surface area contributed by atoms with Gasteiger partial charge in [0.1, 0.15) is 5.82 Å². The highest BCUT2D eigenvalue weighted by Crippen LogP contribution is 2.23. The molecule has 1 heterocycles. The van der Waals surface area contributed by atoms with Crippen molar-refractivity contribution in [1.29, 1.82) is 5.26 Å². The minimum Gasteiger partial charge on any atom is -0.330 e. The molecule has 0 radical (unpaired) electrons. The average Bonchev–Trinajstić information content (AvgIpc) is 2.76. The van der Waals surface area contributed by atoms with Crippen LogP contribution in [0.25, 0.3) is 11.0 Å². The van der Waals surface area contributed by atoms with Gasteiger partial charge < -0.3 is 4.57 Å². The Bertz CT molecular complexity index is 704. The van der Waals surface area contributed by atoms with Gasteiger partial charge in [0.25, 0.3) is 0 Å². The van der Waals surface area contributed by atoms with Crippen molar-refractivity contribution >= 4 is 16.8 Å². The summed E-state index contributed by atoms with van der Waals surface area (Å²) in [6, 6.07) is 9.66. The van der Waals surface area contributed by atoms with Crippen molar-refractivity contribution in [1.82, 2.24) is 9.55 Å². The van der Waals surface area contributed by atoms with E-state index in [1.165, 1.54) is 0 Å². The largest absolute Gasteiger partial charge is 0.330 e. The van der Waals surface area contributed by atoms with Gasteiger partial charge in [0.05, 0.1) is 17.1 Å². The smallest absolute Gasteiger partial charge is 0.183 e. The summed E-state index contributed by atoms with van der Waals surface area (Å²) in [6.45, 7) is 3.51. The number of Topliss-reactive ketones (excluding diaryl/α,β-unsaturated/α-hetero) is 1. The van der Waals surface area contributed by atoms with Crippen LogP contribution in [0.3, 0.4) is 0 Å². The Morgan fingerprint density at radius 3 is 2.74 bits per heavy atom. The highest BCUT2D eigenvalue weighted by molar-refractivity contribution is 6.01. The van der Waals surface area contributed by atoms with E-state index < -0.39 is 5.92 Å². The number of imidazole rings is 1. The zero-order chi connectivity index (χ0) is 14.0. The molecule has 0 aliphatic carbocycles. The van der Waals surface area contributed by atoms with Gasteiger partial charge in [-0.05, 0) is 31.6 Å². The molecule has 1 aromatic heterocycles. The third kappa shape index (κ3) is 2.15. The number of rotatable bonds is 3. The molecule has 19 heavy (non-hydrogen) atoms. The average molecular weight is 253 g/mol. The SMILES string of the molecule is C/C=C(\C)C(=O)C(C#N)c1nc2ccccc2n1C. The van der Waals surface area contributed by atoms with E-state index in [1.54, 1.807) is 19.9 Å². The third-order valence-electron chi connectivity index (χ3n) is 3.29. The van der Waals surface area contributed by atoms with Crippen LogP contribution in [-0.4, -0.2) is 15.3 Å². The number of allylic oxidation sites excluding steroid dienone is 2. The molecule has 0 amide bonds. The summed E-state index contributed by atoms with van der Waals surface area (Å²) in [6.07, 6.45) is 1.72. The number of hydrogen-bond acceptors (Lipinski definition) is 3. The number of benzene rings is 1. The maximum atomic E-state index is 12.2. The van der Waals surface area contributed by atoms with E-state index in [0.717, 1.165) is 11.0 Å². The normalized spacial score (nSPS) is 13.3. The molecule has 0 spiro atoms. The topological polar surface area (TPSA) is 58.7 Å². The minimum atomic E-state index is -0.853. The molecule has 2 aromatic rings. The molecule has 2 rings (SSSR count). The van der Waals surface area contributed by atoms with Crippen molar-refractivity contribution < 1.29 is 4.79 Å². The predicted molar refractivity (Wildman–Crippen MR) is 73.5 cm³/mol. The lowest BCUT2D eigenvalue weighted by atomic mass is 9.99. The number of para-hydroxylation sites is 2. The van der Waals surface area contributed by atoms with E-state index in [4.69, 9.17) is 0 Å². The van der Waals surface area contributed by atoms with Gasteiger partial charge in [0, 0.05) is 7.05 Å². The van der Waals surface area contributed by atoms with Gasteiger partial charge in [-0.1, -0.05) is 18.2 Å². The van der Waals surface area contributed by atoms with Crippen LogP contribution in [0.1, 0.15) is 25.6 Å². The van der Waals surface area contributed by atoms with Crippen molar-refractivity contribution in [3.8, 4) is 6.07 Å². The van der Waals surface area contributed by atoms with Crippen molar-refractivity contribution in [3.63, 3.8) is 0 Å². The Labute approximate surface area is 112 Å². The second kappa shape index (κ2) is 5.07. The van der Waals surface area contributed by atoms with Crippen molar-refractivity contribution in [3.05, 3.63) is 41.7 Å². The first-order valence-electron chi connectivity index (χ1n) is 6.08. The minimum absolute atomic E-state index is 0.191. The van der Waals surface area contributed by atoms with Crippen LogP contribution in [-0.2, 0) is 11.8 Å². The summed E-state index contributed by atoms with van der Waals surface area (Å²) in [5.74, 6) is -0.549. The van der Waals surface area contributed by atoms with E-state index in [2.05, 4.69) is 11.1 Å². The molecule has 1 aromatic carbocycles. The second-order valence-corrected chi connectivity index (χ2v) is 4.42. The van der Waals surface area contributed by atoms with Gasteiger partial charge in [-0.15, -0.1) is 0 Å². The maximum absolute atomic E-state index is 12.2. The molecule has 4 nitrogen and oxygen atoms in total. The number of carbonyl (C=O) groups excluding carboxylic acids is 1. The molecule has 0 bridgehead atoms. The Kier molecular flexibility index (Phi) is 3.48. The van der Waals surface area contributed by atoms with Gasteiger partial charge in [-0.25, -0.2) is 4.98 Å². The van der Waals surface area contributed by atoms with Crippen LogP contribution in [0.2, 0.25) is 0 Å². The van der Waals surface area contributed by atoms with E-state index in [1.807, 2.05) is 35.9 Å². The van der Waals surface area contributed by atoms with Crippen LogP contribution in [0, 0.1) is 11.3 Å². The first kappa shape index (κ1) is 13.0. The number of aryl methyl sites for hydroxylation is 1. The molecule has 4 heteroatoms. The summed E-state index contributed by atoms with van der Waals surface area (Å²) in [4.78, 5) is 16.6. The zero-order valence-electron chi connectivity index (χ0n) is 11.2. The highest BCUT2D eigenvalue weighted by atomic mass is 16.1. The fraction of sp³-hybridized carbons (Fsp3) is 0.267. The first-order valence-corrected chi connectivity index (χ1v) is 6.08. The number of nitriles is 1. The first-order chi connectivity index (χ1) is 9.10. The summed E-state index contributed by atoms with van der Waals surface area (Å²) in [5, 5.41) is 9.29. The molecule has 1 atom stereocenters. The zero-order valence-corrected chi connectivity index (χ0v) is 11.2. The Morgan fingerprint density at radius 1 is 1.47 bits per heavy atom. The van der Waals surface area contributed by atoms with Gasteiger partial charge >= 0.3 is 0 Å². The number of aromatic nitrogens is 2. The third-order valence-corrected chi connectivity index (χ3v) is 3.29. The number of fused-ring (bicyclic) bond motifs is 1. The van der Waals surface area contributed by atoms with Crippen molar-refractivity contribution in [2.24, 2.45) is 7.05 Å². The highest BCUT2D eigenvalue weighted by Gasteiger charge is 2.26. The van der Waals surface area contributed by atoms with Crippen LogP contribution >= 0.6 is 0 Å². The lowest BCUT2D eigenvalue weighted by Crippen LogP contribution is -2.16. The van der Waals surface area contributed by atoms with E-state index in [9.17, 15) is 10.1 Å². The number of carbonyl (C=O) groups is 1. The van der Waals surface area contributed by atoms with Gasteiger partial charge in [0.15, 0.2) is 11.7 Å². The molecule has 0 aliphatic rings. The summed E-state index contributed by atoms with van der Waals surface area (Å²) < 4.78 is 1.81. The lowest BCUT2D eigenvalue weighted by molar-refractivity contribution is -0.116. The Morgan fingerprint density at radius 2 is 2.16 bits per heavy atom. The quantitative estimate of drug-likeness (QED) is 0.790. The van der Waals surface area contributed by atoms with Gasteiger partial charge in [0.2, 0.25) is 0 Å². The standard InChI is InChI=1S/C15H15N3O/c1-4-10(2)14(19)11(9-16)15-17-12-7-5-6-8-13(12)18(15)3/h4-8,11H,1-3H3/b10-4+. The molecular formula is C15H15N3O. The summed E-state index contributed by atoms with van der Waals surface area (Å²) >= 11 is 0. The van der Waals surface area contributed by atoms with E-state index in [-0.39, 0.29) is 5.78 Å². The monoisotopic (exact) mass is 253 g/mol. The molecule has 96 valence electrons. The van der Waals surface area contributed by atoms with Gasteiger partial charge in [-0.2, -0.15) is 5.26 Å². The fourth-order valence-electron chi connectivity index (χ4n) is 2.03. The van der Waals surface area contributed by atoms with Crippen LogP contribution in [0.4, 0.5) is 0 Å². The predicted octanol–water partition coefficient (Wildman–Crippen LogP) is 2.72. The molecule has 1 unspecified atom stereocenters. The molecule has 0 saturated heterocycles. The van der Waals surface area contributed by atoms with E-state index >= 15 is 0 Å². The van der Waals surface area contributed by atoms with Crippen LogP contribution < -0.4 is 0 Å². The Hall–Kier alpha value is -2.41. The maximum Gasteiger partial charge on any atom is 0.183 e. The van der Waals surface area contributed by atoms with Crippen molar-refractivity contribution in [2.75, 3.05) is 0 Å². The number of nitrogens with zero attached hydrogens (tertiary/aromatic N) is 3. The van der Waals surface area contributed by atoms with Crippen molar-refractivity contribution in [2.45, 2.75) is 19.8 Å². The summed E-state index contributed by atoms with van der Waals surface area (Å²) in [5.41, 5.74) is 2.30. The van der Waals surface area contributed by atoms with Crippen LogP contribution in [0.15, 0.2) is 35.9 Å². The molecule has 0 saturated carbocycles. The number of ketones is 1. The van der Waals surface area contributed by atoms with Crippen LogP contribution in [0.5, 0.6) is 0 Å². The van der Waals surface area contributed by atoms with Gasteiger partial charge in [-0.3, -0.25) is 4.79 Å². The molecular weight excluding hydrogens is 238 g/mol. The van der Waals surface area contributed by atoms with E-state index in [0.29, 0.717) is 11.4 Å². The Balaban J connectivity index is 2.57. The molecule has 0 aliphatic heterocycles. The number of hydrogen-bond donors (Lipinski definition) is 0. The molecule has 0 N–H and O–H groups in total.